The molecule has 0 heterocycles. The summed E-state index contributed by atoms with van der Waals surface area (Å²) in [6.07, 6.45) is 0.770. The summed E-state index contributed by atoms with van der Waals surface area (Å²) in [5.74, 6) is -1.11. The summed E-state index contributed by atoms with van der Waals surface area (Å²) in [6.45, 7) is 3.80. The third-order valence-corrected chi connectivity index (χ3v) is 2.88. The molecule has 1 aromatic rings. The van der Waals surface area contributed by atoms with Crippen LogP contribution in [-0.2, 0) is 0 Å². The molecule has 4 heteroatoms. The van der Waals surface area contributed by atoms with Gasteiger partial charge in [0, 0.05) is 23.7 Å². The molecule has 0 bridgehead atoms. The summed E-state index contributed by atoms with van der Waals surface area (Å²) in [6, 6.07) is 1.68. The molecule has 90 valence electrons. The van der Waals surface area contributed by atoms with Gasteiger partial charge in [-0.05, 0) is 5.92 Å². The van der Waals surface area contributed by atoms with E-state index in [1.807, 2.05) is 13.8 Å². The molecule has 0 amide bonds. The highest BCUT2D eigenvalue weighted by Crippen LogP contribution is 2.29. The van der Waals surface area contributed by atoms with Crippen molar-refractivity contribution in [2.75, 3.05) is 7.11 Å². The minimum absolute atomic E-state index is 0.0254. The second kappa shape index (κ2) is 5.25. The van der Waals surface area contributed by atoms with E-state index in [4.69, 9.17) is 10.5 Å². The SMILES string of the molecule is CCC(C)[C@H](N)c1c(F)cc(OC)cc1F. The lowest BCUT2D eigenvalue weighted by atomic mass is 9.92. The molecule has 2 atom stereocenters. The van der Waals surface area contributed by atoms with Crippen LogP contribution in [0.4, 0.5) is 8.78 Å². The molecule has 2 nitrogen and oxygen atoms in total. The number of methoxy groups -OCH3 is 1. The lowest BCUT2D eigenvalue weighted by Gasteiger charge is -2.20. The molecule has 0 aliphatic heterocycles. The summed E-state index contributed by atoms with van der Waals surface area (Å²) in [7, 11) is 1.36. The monoisotopic (exact) mass is 229 g/mol. The van der Waals surface area contributed by atoms with E-state index < -0.39 is 17.7 Å². The van der Waals surface area contributed by atoms with E-state index in [1.165, 1.54) is 7.11 Å². The Hall–Kier alpha value is -1.16. The Labute approximate surface area is 94.4 Å². The minimum atomic E-state index is -0.648. The van der Waals surface area contributed by atoms with E-state index >= 15 is 0 Å². The van der Waals surface area contributed by atoms with Crippen molar-refractivity contribution in [3.05, 3.63) is 29.3 Å². The minimum Gasteiger partial charge on any atom is -0.497 e. The Kier molecular flexibility index (Phi) is 4.24. The van der Waals surface area contributed by atoms with Crippen molar-refractivity contribution in [2.45, 2.75) is 26.3 Å². The molecule has 0 aromatic heterocycles. The summed E-state index contributed by atoms with van der Waals surface area (Å²) >= 11 is 0. The molecule has 1 rings (SSSR count). The van der Waals surface area contributed by atoms with E-state index in [0.717, 1.165) is 18.6 Å². The van der Waals surface area contributed by atoms with Gasteiger partial charge >= 0.3 is 0 Å². The van der Waals surface area contributed by atoms with Crippen LogP contribution >= 0.6 is 0 Å². The number of benzene rings is 1. The molecule has 1 unspecified atom stereocenters. The Morgan fingerprint density at radius 3 is 2.19 bits per heavy atom. The topological polar surface area (TPSA) is 35.2 Å². The van der Waals surface area contributed by atoms with Crippen molar-refractivity contribution in [2.24, 2.45) is 11.7 Å². The second-order valence-electron chi connectivity index (χ2n) is 3.92. The van der Waals surface area contributed by atoms with Crippen LogP contribution in [0.1, 0.15) is 31.9 Å². The van der Waals surface area contributed by atoms with Crippen molar-refractivity contribution >= 4 is 0 Å². The van der Waals surface area contributed by atoms with Gasteiger partial charge in [-0.3, -0.25) is 0 Å². The van der Waals surface area contributed by atoms with Crippen molar-refractivity contribution in [1.29, 1.82) is 0 Å². The second-order valence-corrected chi connectivity index (χ2v) is 3.92. The first kappa shape index (κ1) is 12.9. The Morgan fingerprint density at radius 1 is 1.31 bits per heavy atom. The van der Waals surface area contributed by atoms with Gasteiger partial charge in [-0.1, -0.05) is 20.3 Å². The highest BCUT2D eigenvalue weighted by atomic mass is 19.1. The smallest absolute Gasteiger partial charge is 0.134 e. The average Bonchev–Trinajstić information content (AvgIpc) is 2.26. The first-order valence-corrected chi connectivity index (χ1v) is 5.29. The van der Waals surface area contributed by atoms with Gasteiger partial charge in [-0.15, -0.1) is 0 Å². The number of hydrogen-bond acceptors (Lipinski definition) is 2. The number of rotatable bonds is 4. The Balaban J connectivity index is 3.14. The fourth-order valence-electron chi connectivity index (χ4n) is 1.54. The summed E-state index contributed by atoms with van der Waals surface area (Å²) in [4.78, 5) is 0. The van der Waals surface area contributed by atoms with Gasteiger partial charge in [0.25, 0.3) is 0 Å². The third-order valence-electron chi connectivity index (χ3n) is 2.88. The zero-order valence-electron chi connectivity index (χ0n) is 9.76. The van der Waals surface area contributed by atoms with E-state index in [2.05, 4.69) is 0 Å². The van der Waals surface area contributed by atoms with Gasteiger partial charge in [0.2, 0.25) is 0 Å². The standard InChI is InChI=1S/C12H17F2NO/c1-4-7(2)12(15)11-9(13)5-8(16-3)6-10(11)14/h5-7,12H,4,15H2,1-3H3/t7?,12-/m0/s1. The number of hydrogen-bond donors (Lipinski definition) is 1. The van der Waals surface area contributed by atoms with Crippen LogP contribution in [0, 0.1) is 17.6 Å². The van der Waals surface area contributed by atoms with Crippen molar-refractivity contribution in [1.82, 2.24) is 0 Å². The maximum absolute atomic E-state index is 13.6. The van der Waals surface area contributed by atoms with Gasteiger partial charge in [-0.2, -0.15) is 0 Å². The molecule has 0 aliphatic rings. The molecule has 0 saturated heterocycles. The predicted molar refractivity (Wildman–Crippen MR) is 59.3 cm³/mol. The van der Waals surface area contributed by atoms with Crippen LogP contribution in [0.15, 0.2) is 12.1 Å². The van der Waals surface area contributed by atoms with Crippen LogP contribution < -0.4 is 10.5 Å². The van der Waals surface area contributed by atoms with E-state index in [0.29, 0.717) is 0 Å². The maximum atomic E-state index is 13.6. The largest absolute Gasteiger partial charge is 0.497 e. The normalized spacial score (nSPS) is 14.6. The molecule has 1 aromatic carbocycles. The predicted octanol–water partition coefficient (Wildman–Crippen LogP) is 3.02. The van der Waals surface area contributed by atoms with E-state index in [-0.39, 0.29) is 17.2 Å². The van der Waals surface area contributed by atoms with Crippen LogP contribution in [0.25, 0.3) is 0 Å². The highest BCUT2D eigenvalue weighted by molar-refractivity contribution is 5.32. The van der Waals surface area contributed by atoms with Crippen molar-refractivity contribution in [3.63, 3.8) is 0 Å². The van der Waals surface area contributed by atoms with Crippen molar-refractivity contribution in [3.8, 4) is 5.75 Å². The molecular formula is C12H17F2NO. The van der Waals surface area contributed by atoms with Gasteiger partial charge < -0.3 is 10.5 Å². The quantitative estimate of drug-likeness (QED) is 0.861. The Morgan fingerprint density at radius 2 is 1.81 bits per heavy atom. The molecule has 0 fully saturated rings. The number of nitrogens with two attached hydrogens (primary N) is 1. The third kappa shape index (κ3) is 2.50. The first-order valence-electron chi connectivity index (χ1n) is 5.29. The summed E-state index contributed by atoms with van der Waals surface area (Å²) < 4.78 is 32.1. The van der Waals surface area contributed by atoms with Gasteiger partial charge in [-0.25, -0.2) is 8.78 Å². The van der Waals surface area contributed by atoms with Crippen LogP contribution in [0.3, 0.4) is 0 Å². The van der Waals surface area contributed by atoms with Crippen molar-refractivity contribution < 1.29 is 13.5 Å². The fourth-order valence-corrected chi connectivity index (χ4v) is 1.54. The lowest BCUT2D eigenvalue weighted by Crippen LogP contribution is -2.21. The lowest BCUT2D eigenvalue weighted by molar-refractivity contribution is 0.392. The number of halogens is 2. The zero-order valence-corrected chi connectivity index (χ0v) is 9.76. The molecule has 0 aliphatic carbocycles. The number of ether oxygens (including phenoxy) is 1. The summed E-state index contributed by atoms with van der Waals surface area (Å²) in [5, 5.41) is 0. The van der Waals surface area contributed by atoms with Gasteiger partial charge in [0.05, 0.1) is 7.11 Å². The molecule has 0 spiro atoms. The molecule has 0 saturated carbocycles. The molecule has 16 heavy (non-hydrogen) atoms. The van der Waals surface area contributed by atoms with E-state index in [1.54, 1.807) is 0 Å². The fraction of sp³-hybridized carbons (Fsp3) is 0.500. The zero-order chi connectivity index (χ0) is 12.3. The van der Waals surface area contributed by atoms with Crippen LogP contribution in [0.5, 0.6) is 5.75 Å². The van der Waals surface area contributed by atoms with Crippen LogP contribution in [0.2, 0.25) is 0 Å². The molecule has 2 N–H and O–H groups in total. The first-order chi connectivity index (χ1) is 7.51. The molecular weight excluding hydrogens is 212 g/mol. The Bertz CT molecular complexity index is 345. The summed E-state index contributed by atoms with van der Waals surface area (Å²) in [5.41, 5.74) is 5.76. The van der Waals surface area contributed by atoms with Gasteiger partial charge in [0.1, 0.15) is 17.4 Å². The van der Waals surface area contributed by atoms with Gasteiger partial charge in [0.15, 0.2) is 0 Å². The molecule has 0 radical (unpaired) electrons. The van der Waals surface area contributed by atoms with E-state index in [9.17, 15) is 8.78 Å². The highest BCUT2D eigenvalue weighted by Gasteiger charge is 2.22. The van der Waals surface area contributed by atoms with Crippen LogP contribution in [-0.4, -0.2) is 7.11 Å². The maximum Gasteiger partial charge on any atom is 0.134 e. The average molecular weight is 229 g/mol.